The summed E-state index contributed by atoms with van der Waals surface area (Å²) in [6, 6.07) is 3.63. The number of benzene rings is 1. The summed E-state index contributed by atoms with van der Waals surface area (Å²) in [7, 11) is 0. The fourth-order valence-corrected chi connectivity index (χ4v) is 2.41. The van der Waals surface area contributed by atoms with Gasteiger partial charge in [0.1, 0.15) is 0 Å². The summed E-state index contributed by atoms with van der Waals surface area (Å²) in [5.74, 6) is -2.50. The van der Waals surface area contributed by atoms with Crippen LogP contribution in [-0.4, -0.2) is 11.8 Å². The van der Waals surface area contributed by atoms with Crippen LogP contribution in [0.3, 0.4) is 0 Å². The highest BCUT2D eigenvalue weighted by atomic mass is 19.2. The summed E-state index contributed by atoms with van der Waals surface area (Å²) < 4.78 is 26.1. The largest absolute Gasteiger partial charge is 0.292 e. The third-order valence-electron chi connectivity index (χ3n) is 3.44. The van der Waals surface area contributed by atoms with Crippen molar-refractivity contribution in [3.8, 4) is 0 Å². The van der Waals surface area contributed by atoms with Crippen molar-refractivity contribution in [2.45, 2.75) is 12.8 Å². The van der Waals surface area contributed by atoms with E-state index in [2.05, 4.69) is 5.32 Å². The topological polar surface area (TPSA) is 46.2 Å². The number of halogens is 2. The van der Waals surface area contributed by atoms with E-state index in [1.807, 2.05) is 0 Å². The Balaban J connectivity index is 1.89. The van der Waals surface area contributed by atoms with E-state index in [1.54, 1.807) is 18.2 Å². The molecule has 0 aromatic heterocycles. The Morgan fingerprint density at radius 3 is 2.62 bits per heavy atom. The maximum atomic E-state index is 13.2. The third kappa shape index (κ3) is 2.67. The lowest BCUT2D eigenvalue weighted by Crippen LogP contribution is -2.37. The zero-order valence-electron chi connectivity index (χ0n) is 11.0. The van der Waals surface area contributed by atoms with E-state index in [0.29, 0.717) is 23.1 Å². The summed E-state index contributed by atoms with van der Waals surface area (Å²) >= 11 is 0. The minimum absolute atomic E-state index is 0.191. The van der Waals surface area contributed by atoms with E-state index in [4.69, 9.17) is 0 Å². The van der Waals surface area contributed by atoms with Crippen LogP contribution >= 0.6 is 0 Å². The average molecular weight is 287 g/mol. The summed E-state index contributed by atoms with van der Waals surface area (Å²) in [6.07, 6.45) is 5.75. The first-order valence-electron chi connectivity index (χ1n) is 6.43. The molecule has 0 atom stereocenters. The molecule has 1 aromatic rings. The Morgan fingerprint density at radius 2 is 1.86 bits per heavy atom. The molecular formula is C16H11F2NO2. The molecule has 0 fully saturated rings. The second-order valence-electron chi connectivity index (χ2n) is 4.96. The highest BCUT2D eigenvalue weighted by Gasteiger charge is 2.26. The van der Waals surface area contributed by atoms with Gasteiger partial charge in [-0.1, -0.05) is 24.3 Å². The van der Waals surface area contributed by atoms with Gasteiger partial charge in [-0.25, -0.2) is 8.78 Å². The second kappa shape index (κ2) is 5.09. The third-order valence-corrected chi connectivity index (χ3v) is 3.44. The first kappa shape index (κ1) is 13.4. The Kier molecular flexibility index (Phi) is 3.25. The van der Waals surface area contributed by atoms with Crippen LogP contribution in [0.1, 0.15) is 18.4 Å². The van der Waals surface area contributed by atoms with Crippen molar-refractivity contribution in [2.75, 3.05) is 0 Å². The maximum absolute atomic E-state index is 13.2. The van der Waals surface area contributed by atoms with E-state index >= 15 is 0 Å². The number of imide groups is 1. The molecule has 106 valence electrons. The van der Waals surface area contributed by atoms with E-state index in [9.17, 15) is 18.4 Å². The standard InChI is InChI=1S/C16H11F2NO2/c17-13-4-2-10(7-14(13)18)5-9-1-3-11-8-15(20)19-16(21)12(11)6-9/h1-5,7H,6,8H2,(H,19,20,21). The first-order valence-corrected chi connectivity index (χ1v) is 6.43. The zero-order valence-corrected chi connectivity index (χ0v) is 11.0. The number of hydrogen-bond acceptors (Lipinski definition) is 2. The Morgan fingerprint density at radius 1 is 1.05 bits per heavy atom. The van der Waals surface area contributed by atoms with Crippen LogP contribution in [0.25, 0.3) is 6.08 Å². The van der Waals surface area contributed by atoms with Gasteiger partial charge < -0.3 is 0 Å². The molecular weight excluding hydrogens is 276 g/mol. The number of carbonyl (C=O) groups is 2. The molecule has 1 aliphatic carbocycles. The summed E-state index contributed by atoms with van der Waals surface area (Å²) in [4.78, 5) is 23.1. The van der Waals surface area contributed by atoms with Crippen LogP contribution < -0.4 is 5.32 Å². The van der Waals surface area contributed by atoms with Crippen LogP contribution in [-0.2, 0) is 9.59 Å². The van der Waals surface area contributed by atoms with Crippen LogP contribution in [0.5, 0.6) is 0 Å². The zero-order chi connectivity index (χ0) is 15.0. The lowest BCUT2D eigenvalue weighted by atomic mass is 9.88. The molecule has 5 heteroatoms. The van der Waals surface area contributed by atoms with Crippen molar-refractivity contribution in [3.63, 3.8) is 0 Å². The molecule has 0 bridgehead atoms. The summed E-state index contributed by atoms with van der Waals surface area (Å²) in [5, 5.41) is 2.27. The van der Waals surface area contributed by atoms with E-state index < -0.39 is 11.6 Å². The number of rotatable bonds is 1. The Bertz CT molecular complexity index is 745. The molecule has 1 N–H and O–H groups in total. The van der Waals surface area contributed by atoms with Crippen molar-refractivity contribution in [1.29, 1.82) is 0 Å². The minimum Gasteiger partial charge on any atom is -0.292 e. The fourth-order valence-electron chi connectivity index (χ4n) is 2.41. The number of amides is 2. The van der Waals surface area contributed by atoms with Crippen molar-refractivity contribution in [3.05, 3.63) is 64.3 Å². The van der Waals surface area contributed by atoms with Crippen molar-refractivity contribution in [2.24, 2.45) is 0 Å². The molecule has 0 radical (unpaired) electrons. The number of hydrogen-bond donors (Lipinski definition) is 1. The molecule has 3 rings (SSSR count). The van der Waals surface area contributed by atoms with E-state index in [1.165, 1.54) is 6.07 Å². The van der Waals surface area contributed by atoms with Gasteiger partial charge in [-0.2, -0.15) is 0 Å². The van der Waals surface area contributed by atoms with Gasteiger partial charge in [0, 0.05) is 12.0 Å². The molecule has 0 unspecified atom stereocenters. The van der Waals surface area contributed by atoms with Crippen molar-refractivity contribution < 1.29 is 18.4 Å². The van der Waals surface area contributed by atoms with Gasteiger partial charge in [0.2, 0.25) is 5.91 Å². The van der Waals surface area contributed by atoms with Gasteiger partial charge >= 0.3 is 0 Å². The molecule has 3 nitrogen and oxygen atoms in total. The smallest absolute Gasteiger partial charge is 0.254 e. The molecule has 1 heterocycles. The highest BCUT2D eigenvalue weighted by Crippen LogP contribution is 2.29. The van der Waals surface area contributed by atoms with Gasteiger partial charge in [0.25, 0.3) is 5.91 Å². The summed E-state index contributed by atoms with van der Waals surface area (Å²) in [6.45, 7) is 0. The Hall–Kier alpha value is -2.56. The van der Waals surface area contributed by atoms with E-state index in [0.717, 1.165) is 17.7 Å². The minimum atomic E-state index is -0.912. The van der Waals surface area contributed by atoms with E-state index in [-0.39, 0.29) is 18.2 Å². The van der Waals surface area contributed by atoms with Gasteiger partial charge in [-0.15, -0.1) is 0 Å². The molecule has 0 spiro atoms. The van der Waals surface area contributed by atoms with Gasteiger partial charge in [0.05, 0.1) is 6.42 Å². The quantitative estimate of drug-likeness (QED) is 0.807. The van der Waals surface area contributed by atoms with Crippen molar-refractivity contribution >= 4 is 17.9 Å². The number of carbonyl (C=O) groups excluding carboxylic acids is 2. The highest BCUT2D eigenvalue weighted by molar-refractivity contribution is 6.09. The number of nitrogens with one attached hydrogen (secondary N) is 1. The van der Waals surface area contributed by atoms with Gasteiger partial charge in [-0.05, 0) is 28.8 Å². The lowest BCUT2D eigenvalue weighted by Gasteiger charge is -2.21. The van der Waals surface area contributed by atoms with Gasteiger partial charge in [0.15, 0.2) is 11.6 Å². The molecule has 0 saturated heterocycles. The molecule has 1 aliphatic heterocycles. The monoisotopic (exact) mass is 287 g/mol. The fraction of sp³-hybridized carbons (Fsp3) is 0.125. The molecule has 2 amide bonds. The molecule has 0 saturated carbocycles. The van der Waals surface area contributed by atoms with Crippen LogP contribution in [0.15, 0.2) is 47.1 Å². The predicted octanol–water partition coefficient (Wildman–Crippen LogP) is 2.65. The maximum Gasteiger partial charge on any atom is 0.254 e. The summed E-state index contributed by atoms with van der Waals surface area (Å²) in [5.41, 5.74) is 2.58. The molecule has 2 aliphatic rings. The van der Waals surface area contributed by atoms with Gasteiger partial charge in [-0.3, -0.25) is 14.9 Å². The first-order chi connectivity index (χ1) is 10.0. The Labute approximate surface area is 119 Å². The van der Waals surface area contributed by atoms with Crippen LogP contribution in [0.2, 0.25) is 0 Å². The lowest BCUT2D eigenvalue weighted by molar-refractivity contribution is -0.129. The normalized spacial score (nSPS) is 19.8. The molecule has 21 heavy (non-hydrogen) atoms. The van der Waals surface area contributed by atoms with Crippen molar-refractivity contribution in [1.82, 2.24) is 5.32 Å². The predicted molar refractivity (Wildman–Crippen MR) is 72.9 cm³/mol. The average Bonchev–Trinajstić information content (AvgIpc) is 2.43. The van der Waals surface area contributed by atoms with Crippen LogP contribution in [0.4, 0.5) is 8.78 Å². The van der Waals surface area contributed by atoms with Crippen LogP contribution in [0, 0.1) is 11.6 Å². The second-order valence-corrected chi connectivity index (χ2v) is 4.96. The number of allylic oxidation sites excluding steroid dienone is 3. The SMILES string of the molecule is O=C1CC2=C(CC(=Cc3ccc(F)c(F)c3)C=C2)C(=O)N1. The molecule has 1 aromatic carbocycles.